The van der Waals surface area contributed by atoms with E-state index in [1.165, 1.54) is 0 Å². The Hall–Kier alpha value is -1.33. The van der Waals surface area contributed by atoms with E-state index >= 15 is 0 Å². The fourth-order valence-corrected chi connectivity index (χ4v) is 2.05. The molecule has 5 heteroatoms. The van der Waals surface area contributed by atoms with Crippen molar-refractivity contribution in [2.24, 2.45) is 5.41 Å². The largest absolute Gasteiger partial charge is 0.467 e. The zero-order valence-corrected chi connectivity index (χ0v) is 13.4. The molecule has 108 valence electrons. The van der Waals surface area contributed by atoms with Crippen molar-refractivity contribution in [1.82, 2.24) is 9.55 Å². The predicted octanol–water partition coefficient (Wildman–Crippen LogP) is 3.63. The van der Waals surface area contributed by atoms with Gasteiger partial charge in [0.05, 0.1) is 6.33 Å². The van der Waals surface area contributed by atoms with Gasteiger partial charge in [-0.1, -0.05) is 36.7 Å². The highest BCUT2D eigenvalue weighted by molar-refractivity contribution is 9.10. The fraction of sp³-hybridized carbons (Fsp3) is 0.400. The molecule has 0 fully saturated rings. The summed E-state index contributed by atoms with van der Waals surface area (Å²) >= 11 is 3.39. The first-order valence-electron chi connectivity index (χ1n) is 6.45. The summed E-state index contributed by atoms with van der Waals surface area (Å²) in [6.45, 7) is 5.94. The minimum atomic E-state index is -0.666. The van der Waals surface area contributed by atoms with Crippen LogP contribution in [0.5, 0.6) is 5.75 Å². The average Bonchev–Trinajstić information content (AvgIpc) is 2.90. The zero-order chi connectivity index (χ0) is 14.8. The van der Waals surface area contributed by atoms with Gasteiger partial charge in [-0.15, -0.1) is 0 Å². The van der Waals surface area contributed by atoms with Crippen LogP contribution < -0.4 is 4.74 Å². The number of aliphatic hydroxyl groups excluding tert-OH is 1. The lowest BCUT2D eigenvalue weighted by molar-refractivity contribution is -0.0674. The van der Waals surface area contributed by atoms with E-state index < -0.39 is 12.3 Å². The first-order chi connectivity index (χ1) is 9.38. The highest BCUT2D eigenvalue weighted by Gasteiger charge is 2.33. The SMILES string of the molecule is CC(C)(C)C(O)C(Oc1ccc(Br)cc1)n1ccnc1. The third kappa shape index (κ3) is 3.61. The average molecular weight is 339 g/mol. The van der Waals surface area contributed by atoms with Gasteiger partial charge >= 0.3 is 0 Å². The van der Waals surface area contributed by atoms with Crippen LogP contribution in [0.3, 0.4) is 0 Å². The summed E-state index contributed by atoms with van der Waals surface area (Å²) in [6, 6.07) is 7.54. The van der Waals surface area contributed by atoms with Crippen LogP contribution in [0.4, 0.5) is 0 Å². The predicted molar refractivity (Wildman–Crippen MR) is 81.5 cm³/mol. The molecule has 2 atom stereocenters. The van der Waals surface area contributed by atoms with E-state index in [0.29, 0.717) is 5.75 Å². The van der Waals surface area contributed by atoms with Crippen LogP contribution in [0.25, 0.3) is 0 Å². The normalized spacial score (nSPS) is 14.8. The molecule has 2 unspecified atom stereocenters. The molecule has 4 nitrogen and oxygen atoms in total. The second-order valence-corrected chi connectivity index (χ2v) is 6.70. The fourth-order valence-electron chi connectivity index (χ4n) is 1.79. The molecule has 1 N–H and O–H groups in total. The number of hydrogen-bond donors (Lipinski definition) is 1. The van der Waals surface area contributed by atoms with Gasteiger partial charge in [0.25, 0.3) is 0 Å². The van der Waals surface area contributed by atoms with Gasteiger partial charge in [0, 0.05) is 16.9 Å². The summed E-state index contributed by atoms with van der Waals surface area (Å²) in [5.41, 5.74) is -0.301. The van der Waals surface area contributed by atoms with E-state index in [4.69, 9.17) is 4.74 Å². The Morgan fingerprint density at radius 3 is 2.40 bits per heavy atom. The Kier molecular flexibility index (Phi) is 4.50. The zero-order valence-electron chi connectivity index (χ0n) is 11.8. The molecule has 2 rings (SSSR count). The topological polar surface area (TPSA) is 47.3 Å². The number of ether oxygens (including phenoxy) is 1. The van der Waals surface area contributed by atoms with Crippen LogP contribution in [0.2, 0.25) is 0 Å². The molecule has 1 heterocycles. The number of rotatable bonds is 4. The monoisotopic (exact) mass is 338 g/mol. The molecule has 0 amide bonds. The maximum absolute atomic E-state index is 10.6. The molecule has 0 aliphatic rings. The third-order valence-electron chi connectivity index (χ3n) is 3.05. The molecule has 0 aliphatic carbocycles. The summed E-state index contributed by atoms with van der Waals surface area (Å²) in [7, 11) is 0. The molecule has 20 heavy (non-hydrogen) atoms. The van der Waals surface area contributed by atoms with Crippen molar-refractivity contribution in [3.8, 4) is 5.75 Å². The molecular formula is C15H19BrN2O2. The van der Waals surface area contributed by atoms with Crippen LogP contribution >= 0.6 is 15.9 Å². The molecule has 1 aromatic heterocycles. The Labute approximate surface area is 127 Å². The van der Waals surface area contributed by atoms with Crippen molar-refractivity contribution >= 4 is 15.9 Å². The van der Waals surface area contributed by atoms with Crippen molar-refractivity contribution in [1.29, 1.82) is 0 Å². The molecule has 0 saturated heterocycles. The van der Waals surface area contributed by atoms with E-state index in [0.717, 1.165) is 4.47 Å². The van der Waals surface area contributed by atoms with Gasteiger partial charge in [0.2, 0.25) is 6.23 Å². The van der Waals surface area contributed by atoms with E-state index in [-0.39, 0.29) is 5.41 Å². The van der Waals surface area contributed by atoms with Crippen LogP contribution in [0.15, 0.2) is 47.5 Å². The van der Waals surface area contributed by atoms with Crippen LogP contribution in [-0.2, 0) is 0 Å². The molecule has 0 spiro atoms. The quantitative estimate of drug-likeness (QED) is 0.925. The standard InChI is InChI=1S/C15H19BrN2O2/c1-15(2,3)13(19)14(18-9-8-17-10-18)20-12-6-4-11(16)5-7-12/h4-10,13-14,19H,1-3H3. The highest BCUT2D eigenvalue weighted by Crippen LogP contribution is 2.30. The van der Waals surface area contributed by atoms with E-state index in [2.05, 4.69) is 20.9 Å². The summed E-state index contributed by atoms with van der Waals surface area (Å²) in [6.07, 6.45) is 3.93. The van der Waals surface area contributed by atoms with Crippen LogP contribution in [0.1, 0.15) is 27.0 Å². The maximum Gasteiger partial charge on any atom is 0.203 e. The molecule has 0 bridgehead atoms. The van der Waals surface area contributed by atoms with E-state index in [9.17, 15) is 5.11 Å². The molecule has 0 saturated carbocycles. The van der Waals surface area contributed by atoms with Gasteiger partial charge in [0.15, 0.2) is 0 Å². The lowest BCUT2D eigenvalue weighted by atomic mass is 9.88. The number of nitrogens with zero attached hydrogens (tertiary/aromatic N) is 2. The summed E-state index contributed by atoms with van der Waals surface area (Å²) in [4.78, 5) is 4.03. The smallest absolute Gasteiger partial charge is 0.203 e. The van der Waals surface area contributed by atoms with Crippen LogP contribution in [-0.4, -0.2) is 20.8 Å². The Bertz CT molecular complexity index is 532. The number of aliphatic hydroxyl groups is 1. The summed E-state index contributed by atoms with van der Waals surface area (Å²) in [5, 5.41) is 10.6. The first-order valence-corrected chi connectivity index (χ1v) is 7.25. The molecular weight excluding hydrogens is 320 g/mol. The lowest BCUT2D eigenvalue weighted by Gasteiger charge is -2.33. The van der Waals surface area contributed by atoms with Crippen molar-refractivity contribution < 1.29 is 9.84 Å². The molecule has 1 aromatic carbocycles. The molecule has 0 radical (unpaired) electrons. The van der Waals surface area contributed by atoms with E-state index in [1.807, 2.05) is 45.0 Å². The Balaban J connectivity index is 2.26. The van der Waals surface area contributed by atoms with Crippen molar-refractivity contribution in [2.45, 2.75) is 33.1 Å². The summed E-state index contributed by atoms with van der Waals surface area (Å²) < 4.78 is 8.72. The number of benzene rings is 1. The highest BCUT2D eigenvalue weighted by atomic mass is 79.9. The van der Waals surface area contributed by atoms with Gasteiger partial charge in [0.1, 0.15) is 11.9 Å². The van der Waals surface area contributed by atoms with Gasteiger partial charge in [-0.05, 0) is 29.7 Å². The molecule has 0 aliphatic heterocycles. The number of hydrogen-bond acceptors (Lipinski definition) is 3. The number of halogens is 1. The minimum Gasteiger partial charge on any atom is -0.467 e. The number of aromatic nitrogens is 2. The van der Waals surface area contributed by atoms with Gasteiger partial charge < -0.3 is 9.84 Å². The second kappa shape index (κ2) is 5.97. The Morgan fingerprint density at radius 1 is 1.25 bits per heavy atom. The first kappa shape index (κ1) is 15.1. The minimum absolute atomic E-state index is 0.301. The second-order valence-electron chi connectivity index (χ2n) is 5.78. The molecule has 2 aromatic rings. The third-order valence-corrected chi connectivity index (χ3v) is 3.58. The van der Waals surface area contributed by atoms with Crippen LogP contribution in [0, 0.1) is 5.41 Å². The summed E-state index contributed by atoms with van der Waals surface area (Å²) in [5.74, 6) is 0.704. The van der Waals surface area contributed by atoms with Gasteiger partial charge in [-0.3, -0.25) is 4.57 Å². The number of imidazole rings is 1. The lowest BCUT2D eigenvalue weighted by Crippen LogP contribution is -2.38. The Morgan fingerprint density at radius 2 is 1.90 bits per heavy atom. The van der Waals surface area contributed by atoms with Gasteiger partial charge in [-0.25, -0.2) is 4.98 Å². The van der Waals surface area contributed by atoms with Crippen molar-refractivity contribution in [3.63, 3.8) is 0 Å². The van der Waals surface area contributed by atoms with Crippen molar-refractivity contribution in [2.75, 3.05) is 0 Å². The maximum atomic E-state index is 10.6. The van der Waals surface area contributed by atoms with Gasteiger partial charge in [-0.2, -0.15) is 0 Å². The van der Waals surface area contributed by atoms with E-state index in [1.54, 1.807) is 23.3 Å². The van der Waals surface area contributed by atoms with Crippen molar-refractivity contribution in [3.05, 3.63) is 47.5 Å².